The van der Waals surface area contributed by atoms with Gasteiger partial charge in [-0.15, -0.1) is 0 Å². The average molecular weight is 247 g/mol. The van der Waals surface area contributed by atoms with Gasteiger partial charge in [0.2, 0.25) is 0 Å². The van der Waals surface area contributed by atoms with Gasteiger partial charge in [-0.2, -0.15) is 7.05 Å². The summed E-state index contributed by atoms with van der Waals surface area (Å²) in [5, 5.41) is 3.70. The third kappa shape index (κ3) is 5.80. The van der Waals surface area contributed by atoms with Crippen LogP contribution in [0.5, 0.6) is 0 Å². The van der Waals surface area contributed by atoms with Crippen LogP contribution >= 0.6 is 0 Å². The Morgan fingerprint density at radius 3 is 2.25 bits per heavy atom. The molecule has 0 aliphatic heterocycles. The van der Waals surface area contributed by atoms with Crippen LogP contribution in [0, 0.1) is 0 Å². The molecule has 0 saturated heterocycles. The Hall–Kier alpha value is 0.204. The molecule has 4 nitrogen and oxygen atoms in total. The summed E-state index contributed by atoms with van der Waals surface area (Å²) in [6.45, 7) is 1.42. The Kier molecular flexibility index (Phi) is 9.60. The van der Waals surface area contributed by atoms with E-state index < -0.39 is 12.0 Å². The summed E-state index contributed by atoms with van der Waals surface area (Å²) in [6, 6.07) is -0.627. The van der Waals surface area contributed by atoms with E-state index in [-0.39, 0.29) is 44.9 Å². The van der Waals surface area contributed by atoms with Crippen LogP contribution in [-0.2, 0) is 47.0 Å². The number of hydrogen-bond donors (Lipinski definition) is 0. The zero-order valence-corrected chi connectivity index (χ0v) is 10.4. The number of methoxy groups -OCH3 is 1. The van der Waals surface area contributed by atoms with Gasteiger partial charge in [0.15, 0.2) is 0 Å². The Morgan fingerprint density at radius 1 is 1.50 bits per heavy atom. The molecule has 0 aromatic rings. The fourth-order valence-electron chi connectivity index (χ4n) is 0.688. The molecule has 0 amide bonds. The van der Waals surface area contributed by atoms with E-state index >= 15 is 0 Å². The fourth-order valence-corrected chi connectivity index (χ4v) is 0.688. The summed E-state index contributed by atoms with van der Waals surface area (Å²) >= 11 is 0. The molecule has 0 aliphatic rings. The van der Waals surface area contributed by atoms with Gasteiger partial charge in [-0.25, -0.2) is 0 Å². The van der Waals surface area contributed by atoms with E-state index in [0.29, 0.717) is 0 Å². The van der Waals surface area contributed by atoms with Crippen molar-refractivity contribution in [1.29, 1.82) is 0 Å². The van der Waals surface area contributed by atoms with Gasteiger partial charge in [0.05, 0.1) is 7.11 Å². The molecule has 0 fully saturated rings. The van der Waals surface area contributed by atoms with E-state index in [9.17, 15) is 9.59 Å². The van der Waals surface area contributed by atoms with E-state index in [4.69, 9.17) is 0 Å². The average Bonchev–Trinajstić information content (AvgIpc) is 1.98. The third-order valence-electron chi connectivity index (χ3n) is 1.27. The SMILES string of the molecule is C[N-]C(CC(C)=O)C(=O)OC.[Y]. The second-order valence-electron chi connectivity index (χ2n) is 2.20. The molecular weight excluding hydrogens is 235 g/mol. The van der Waals surface area contributed by atoms with Crippen LogP contribution in [0.2, 0.25) is 0 Å². The molecule has 1 radical (unpaired) electrons. The maximum absolute atomic E-state index is 10.8. The second-order valence-corrected chi connectivity index (χ2v) is 2.20. The first kappa shape index (κ1) is 14.7. The quantitative estimate of drug-likeness (QED) is 0.680. The van der Waals surface area contributed by atoms with Crippen LogP contribution in [0.4, 0.5) is 0 Å². The van der Waals surface area contributed by atoms with E-state index in [0.717, 1.165) is 0 Å². The Labute approximate surface area is 97.3 Å². The number of esters is 1. The number of carbonyl (C=O) groups is 2. The minimum atomic E-state index is -0.627. The molecule has 0 aromatic carbocycles. The van der Waals surface area contributed by atoms with Crippen molar-refractivity contribution in [1.82, 2.24) is 0 Å². The van der Waals surface area contributed by atoms with Crippen molar-refractivity contribution in [3.05, 3.63) is 5.32 Å². The van der Waals surface area contributed by atoms with Gasteiger partial charge in [-0.3, -0.25) is 4.79 Å². The maximum atomic E-state index is 10.8. The predicted octanol–water partition coefficient (Wildman–Crippen LogP) is 0.508. The van der Waals surface area contributed by atoms with E-state index in [2.05, 4.69) is 10.1 Å². The number of likely N-dealkylation sites (N-methyl/N-ethyl adjacent to an activating group) is 1. The van der Waals surface area contributed by atoms with Crippen LogP contribution in [-0.4, -0.2) is 32.0 Å². The molecule has 1 atom stereocenters. The van der Waals surface area contributed by atoms with Crippen molar-refractivity contribution < 1.29 is 47.0 Å². The number of rotatable bonds is 4. The van der Waals surface area contributed by atoms with Crippen molar-refractivity contribution in [2.45, 2.75) is 19.4 Å². The Bertz CT molecular complexity index is 161. The number of Topliss-reactive ketones (excluding diaryl/α,β-unsaturated/α-hetero) is 1. The second kappa shape index (κ2) is 7.83. The van der Waals surface area contributed by atoms with Crippen LogP contribution in [0.3, 0.4) is 0 Å². The molecule has 0 rings (SSSR count). The van der Waals surface area contributed by atoms with Crippen LogP contribution < -0.4 is 0 Å². The zero-order valence-electron chi connectivity index (χ0n) is 7.53. The van der Waals surface area contributed by atoms with E-state index in [1.807, 2.05) is 0 Å². The molecule has 0 saturated carbocycles. The van der Waals surface area contributed by atoms with Gasteiger partial charge in [0.25, 0.3) is 5.97 Å². The van der Waals surface area contributed by atoms with Crippen molar-refractivity contribution in [3.8, 4) is 0 Å². The predicted molar refractivity (Wildman–Crippen MR) is 40.4 cm³/mol. The topological polar surface area (TPSA) is 57.5 Å². The minimum absolute atomic E-state index is 0. The monoisotopic (exact) mass is 247 g/mol. The smallest absolute Gasteiger partial charge is 0.288 e. The van der Waals surface area contributed by atoms with Crippen molar-refractivity contribution >= 4 is 11.8 Å². The van der Waals surface area contributed by atoms with E-state index in [1.165, 1.54) is 21.1 Å². The van der Waals surface area contributed by atoms with Crippen LogP contribution in [0.1, 0.15) is 13.3 Å². The Balaban J connectivity index is 0. The van der Waals surface area contributed by atoms with Crippen LogP contribution in [0.25, 0.3) is 5.32 Å². The molecule has 0 spiro atoms. The third-order valence-corrected chi connectivity index (χ3v) is 1.27. The van der Waals surface area contributed by atoms with Crippen molar-refractivity contribution in [3.63, 3.8) is 0 Å². The number of ketones is 1. The molecule has 67 valence electrons. The molecule has 0 aliphatic carbocycles. The van der Waals surface area contributed by atoms with Crippen LogP contribution in [0.15, 0.2) is 0 Å². The van der Waals surface area contributed by atoms with Gasteiger partial charge in [-0.05, 0) is 19.4 Å². The first-order chi connectivity index (χ1) is 5.11. The van der Waals surface area contributed by atoms with Crippen molar-refractivity contribution in [2.24, 2.45) is 0 Å². The molecule has 0 heterocycles. The minimum Gasteiger partial charge on any atom is -0.653 e. The molecule has 5 heteroatoms. The molecular formula is C7H12NO3Y-. The van der Waals surface area contributed by atoms with Gasteiger partial charge < -0.3 is 14.8 Å². The first-order valence-corrected chi connectivity index (χ1v) is 3.28. The molecule has 0 N–H and O–H groups in total. The molecule has 0 bridgehead atoms. The largest absolute Gasteiger partial charge is 0.653 e. The maximum Gasteiger partial charge on any atom is 0.288 e. The normalized spacial score (nSPS) is 11.2. The molecule has 0 aromatic heterocycles. The summed E-state index contributed by atoms with van der Waals surface area (Å²) < 4.78 is 4.42. The zero-order chi connectivity index (χ0) is 8.85. The van der Waals surface area contributed by atoms with Gasteiger partial charge >= 0.3 is 0 Å². The summed E-state index contributed by atoms with van der Waals surface area (Å²) in [6.07, 6.45) is 0.128. The molecule has 1 unspecified atom stereocenters. The molecule has 12 heavy (non-hydrogen) atoms. The standard InChI is InChI=1S/C7H12NO3.Y/c1-5(9)4-6(8-2)7(10)11-3;/h6H,4H2,1-3H3;/q-1;. The Morgan fingerprint density at radius 2 is 2.00 bits per heavy atom. The number of ether oxygens (including phenoxy) is 1. The van der Waals surface area contributed by atoms with Gasteiger partial charge in [-0.1, -0.05) is 0 Å². The summed E-state index contributed by atoms with van der Waals surface area (Å²) in [5.74, 6) is -0.520. The first-order valence-electron chi connectivity index (χ1n) is 3.28. The number of hydrogen-bond acceptors (Lipinski definition) is 3. The summed E-state index contributed by atoms with van der Waals surface area (Å²) in [7, 11) is 2.77. The number of carbonyl (C=O) groups excluding carboxylic acids is 2. The number of nitrogens with zero attached hydrogens (tertiary/aromatic N) is 1. The summed E-state index contributed by atoms with van der Waals surface area (Å²) in [5.41, 5.74) is 0. The summed E-state index contributed by atoms with van der Waals surface area (Å²) in [4.78, 5) is 21.4. The fraction of sp³-hybridized carbons (Fsp3) is 0.714. The van der Waals surface area contributed by atoms with Gasteiger partial charge in [0, 0.05) is 32.7 Å². The van der Waals surface area contributed by atoms with E-state index in [1.54, 1.807) is 0 Å². The van der Waals surface area contributed by atoms with Gasteiger partial charge in [0.1, 0.15) is 5.78 Å². The van der Waals surface area contributed by atoms with Crippen molar-refractivity contribution in [2.75, 3.05) is 14.2 Å².